The summed E-state index contributed by atoms with van der Waals surface area (Å²) in [6.07, 6.45) is 2.14. The second-order valence-electron chi connectivity index (χ2n) is 4.95. The molecule has 1 aliphatic carbocycles. The smallest absolute Gasteiger partial charge is 0.123 e. The first kappa shape index (κ1) is 11.6. The largest absolute Gasteiger partial charge is 0.328 e. The summed E-state index contributed by atoms with van der Waals surface area (Å²) in [6.45, 7) is 0. The minimum atomic E-state index is -0.174. The van der Waals surface area contributed by atoms with Crippen LogP contribution in [0.15, 0.2) is 24.3 Å². The molecule has 88 valence electrons. The predicted molar refractivity (Wildman–Crippen MR) is 63.5 cm³/mol. The van der Waals surface area contributed by atoms with Crippen molar-refractivity contribution in [2.24, 2.45) is 11.7 Å². The summed E-state index contributed by atoms with van der Waals surface area (Å²) in [5.74, 6) is 0.432. The Morgan fingerprint density at radius 2 is 1.81 bits per heavy atom. The molecule has 2 rings (SSSR count). The fraction of sp³-hybridized carbons (Fsp3) is 0.538. The Morgan fingerprint density at radius 1 is 1.25 bits per heavy atom. The molecule has 1 atom stereocenters. The molecule has 1 saturated carbocycles. The molecular weight excluding hydrogens is 203 g/mol. The fourth-order valence-corrected chi connectivity index (χ4v) is 2.62. The molecule has 1 aliphatic rings. The summed E-state index contributed by atoms with van der Waals surface area (Å²) < 4.78 is 12.9. The van der Waals surface area contributed by atoms with Crippen LogP contribution in [0.1, 0.15) is 24.4 Å². The number of hydrogen-bond donors (Lipinski definition) is 1. The summed E-state index contributed by atoms with van der Waals surface area (Å²) in [4.78, 5) is 2.20. The van der Waals surface area contributed by atoms with Crippen molar-refractivity contribution in [2.45, 2.75) is 24.9 Å². The van der Waals surface area contributed by atoms with Crippen LogP contribution >= 0.6 is 0 Å². The Labute approximate surface area is 96.2 Å². The summed E-state index contributed by atoms with van der Waals surface area (Å²) >= 11 is 0. The van der Waals surface area contributed by atoms with Gasteiger partial charge < -0.3 is 10.6 Å². The van der Waals surface area contributed by atoms with Crippen molar-refractivity contribution >= 4 is 0 Å². The average molecular weight is 222 g/mol. The topological polar surface area (TPSA) is 29.3 Å². The Hall–Kier alpha value is -0.930. The molecule has 1 fully saturated rings. The zero-order chi connectivity index (χ0) is 11.7. The van der Waals surface area contributed by atoms with Crippen LogP contribution in [0.4, 0.5) is 4.39 Å². The maximum atomic E-state index is 12.9. The van der Waals surface area contributed by atoms with Crippen molar-refractivity contribution in [3.05, 3.63) is 35.6 Å². The van der Waals surface area contributed by atoms with E-state index in [-0.39, 0.29) is 5.82 Å². The Bertz CT molecular complexity index is 341. The van der Waals surface area contributed by atoms with Crippen LogP contribution in [0.2, 0.25) is 0 Å². The fourth-order valence-electron chi connectivity index (χ4n) is 2.62. The van der Waals surface area contributed by atoms with E-state index in [4.69, 9.17) is 5.73 Å². The summed E-state index contributed by atoms with van der Waals surface area (Å²) in [5, 5.41) is 0. The van der Waals surface area contributed by atoms with Gasteiger partial charge in [0.25, 0.3) is 0 Å². The normalized spacial score (nSPS) is 26.6. The van der Waals surface area contributed by atoms with Gasteiger partial charge in [0, 0.05) is 12.1 Å². The van der Waals surface area contributed by atoms with Crippen molar-refractivity contribution in [3.8, 4) is 0 Å². The monoisotopic (exact) mass is 222 g/mol. The van der Waals surface area contributed by atoms with Crippen LogP contribution < -0.4 is 5.73 Å². The Morgan fingerprint density at radius 3 is 2.25 bits per heavy atom. The molecule has 0 spiro atoms. The average Bonchev–Trinajstić information content (AvgIpc) is 2.18. The first-order chi connectivity index (χ1) is 7.58. The van der Waals surface area contributed by atoms with Gasteiger partial charge in [0.2, 0.25) is 0 Å². The third-order valence-electron chi connectivity index (χ3n) is 3.43. The molecule has 0 saturated heterocycles. The van der Waals surface area contributed by atoms with Crippen molar-refractivity contribution in [2.75, 3.05) is 14.1 Å². The van der Waals surface area contributed by atoms with Gasteiger partial charge in [-0.25, -0.2) is 4.39 Å². The summed E-state index contributed by atoms with van der Waals surface area (Å²) in [6, 6.07) is 7.54. The minimum absolute atomic E-state index is 0.174. The Balaban J connectivity index is 2.16. The van der Waals surface area contributed by atoms with E-state index in [1.807, 2.05) is 12.1 Å². The van der Waals surface area contributed by atoms with Crippen LogP contribution in [0.25, 0.3) is 0 Å². The molecule has 0 bridgehead atoms. The standard InChI is InChI=1S/C13H19FN2/c1-16(2)13(10-7-12(15)8-10)9-3-5-11(14)6-4-9/h3-6,10,12-13H,7-8,15H2,1-2H3. The lowest BCUT2D eigenvalue weighted by Crippen LogP contribution is -2.43. The third kappa shape index (κ3) is 2.25. The van der Waals surface area contributed by atoms with Gasteiger partial charge in [-0.3, -0.25) is 0 Å². The number of nitrogens with zero attached hydrogens (tertiary/aromatic N) is 1. The van der Waals surface area contributed by atoms with E-state index in [0.29, 0.717) is 18.0 Å². The lowest BCUT2D eigenvalue weighted by atomic mass is 9.73. The van der Waals surface area contributed by atoms with Crippen LogP contribution in [0, 0.1) is 11.7 Å². The molecule has 1 unspecified atom stereocenters. The maximum Gasteiger partial charge on any atom is 0.123 e. The zero-order valence-corrected chi connectivity index (χ0v) is 9.86. The number of rotatable bonds is 3. The van der Waals surface area contributed by atoms with Gasteiger partial charge in [0.15, 0.2) is 0 Å². The van der Waals surface area contributed by atoms with E-state index >= 15 is 0 Å². The first-order valence-corrected chi connectivity index (χ1v) is 5.75. The highest BCUT2D eigenvalue weighted by atomic mass is 19.1. The van der Waals surface area contributed by atoms with Gasteiger partial charge in [-0.05, 0) is 50.6 Å². The third-order valence-corrected chi connectivity index (χ3v) is 3.43. The van der Waals surface area contributed by atoms with Crippen molar-refractivity contribution in [1.29, 1.82) is 0 Å². The van der Waals surface area contributed by atoms with Gasteiger partial charge in [-0.1, -0.05) is 12.1 Å². The lowest BCUT2D eigenvalue weighted by Gasteiger charge is -2.41. The van der Waals surface area contributed by atoms with Crippen LogP contribution in [0.5, 0.6) is 0 Å². The van der Waals surface area contributed by atoms with E-state index in [1.54, 1.807) is 0 Å². The molecule has 2 nitrogen and oxygen atoms in total. The molecule has 16 heavy (non-hydrogen) atoms. The van der Waals surface area contributed by atoms with E-state index in [2.05, 4.69) is 19.0 Å². The lowest BCUT2D eigenvalue weighted by molar-refractivity contribution is 0.123. The highest BCUT2D eigenvalue weighted by molar-refractivity contribution is 5.21. The molecule has 0 aliphatic heterocycles. The molecule has 0 heterocycles. The predicted octanol–water partition coefficient (Wildman–Crippen LogP) is 2.17. The summed E-state index contributed by atoms with van der Waals surface area (Å²) in [5.41, 5.74) is 7.01. The molecule has 2 N–H and O–H groups in total. The highest BCUT2D eigenvalue weighted by Gasteiger charge is 2.34. The van der Waals surface area contributed by atoms with Gasteiger partial charge >= 0.3 is 0 Å². The maximum absolute atomic E-state index is 12.9. The molecule has 0 amide bonds. The van der Waals surface area contributed by atoms with Gasteiger partial charge in [0.1, 0.15) is 5.82 Å². The molecule has 1 aromatic rings. The number of hydrogen-bond acceptors (Lipinski definition) is 2. The van der Waals surface area contributed by atoms with Crippen LogP contribution in [-0.4, -0.2) is 25.0 Å². The number of halogens is 1. The van der Waals surface area contributed by atoms with E-state index in [1.165, 1.54) is 17.7 Å². The van der Waals surface area contributed by atoms with Crippen molar-refractivity contribution in [3.63, 3.8) is 0 Å². The van der Waals surface area contributed by atoms with Crippen LogP contribution in [0.3, 0.4) is 0 Å². The second-order valence-corrected chi connectivity index (χ2v) is 4.95. The van der Waals surface area contributed by atoms with Crippen LogP contribution in [-0.2, 0) is 0 Å². The SMILES string of the molecule is CN(C)C(c1ccc(F)cc1)C1CC(N)C1. The molecule has 3 heteroatoms. The first-order valence-electron chi connectivity index (χ1n) is 5.75. The quantitative estimate of drug-likeness (QED) is 0.849. The molecular formula is C13H19FN2. The van der Waals surface area contributed by atoms with Crippen molar-refractivity contribution < 1.29 is 4.39 Å². The highest BCUT2D eigenvalue weighted by Crippen LogP contribution is 2.39. The molecule has 1 aromatic carbocycles. The number of nitrogens with two attached hydrogens (primary N) is 1. The molecule has 0 aromatic heterocycles. The van der Waals surface area contributed by atoms with Gasteiger partial charge in [0.05, 0.1) is 0 Å². The summed E-state index contributed by atoms with van der Waals surface area (Å²) in [7, 11) is 4.13. The van der Waals surface area contributed by atoms with E-state index in [9.17, 15) is 4.39 Å². The second kappa shape index (κ2) is 4.52. The minimum Gasteiger partial charge on any atom is -0.328 e. The Kier molecular flexibility index (Phi) is 3.26. The molecule has 0 radical (unpaired) electrons. The zero-order valence-electron chi connectivity index (χ0n) is 9.86. The van der Waals surface area contributed by atoms with Gasteiger partial charge in [-0.2, -0.15) is 0 Å². The van der Waals surface area contributed by atoms with Gasteiger partial charge in [-0.15, -0.1) is 0 Å². The number of benzene rings is 1. The van der Waals surface area contributed by atoms with E-state index in [0.717, 1.165) is 12.8 Å². The van der Waals surface area contributed by atoms with E-state index < -0.39 is 0 Å². The van der Waals surface area contributed by atoms with Crippen molar-refractivity contribution in [1.82, 2.24) is 4.90 Å².